The average molecular weight is 623 g/mol. The van der Waals surface area contributed by atoms with Crippen molar-refractivity contribution in [1.82, 2.24) is 5.32 Å². The van der Waals surface area contributed by atoms with Gasteiger partial charge in [0, 0.05) is 17.5 Å². The zero-order valence-electron chi connectivity index (χ0n) is 20.0. The van der Waals surface area contributed by atoms with Crippen LogP contribution in [0.2, 0.25) is 0 Å². The summed E-state index contributed by atoms with van der Waals surface area (Å²) in [5.74, 6) is -2.71. The summed E-state index contributed by atoms with van der Waals surface area (Å²) < 4.78 is 6.75. The highest BCUT2D eigenvalue weighted by Crippen LogP contribution is 2.46. The van der Waals surface area contributed by atoms with Crippen LogP contribution in [0.4, 0.5) is 11.4 Å². The van der Waals surface area contributed by atoms with Crippen LogP contribution >= 0.6 is 39.0 Å². The Labute approximate surface area is 236 Å². The molecule has 0 radical (unpaired) electrons. The second-order valence-electron chi connectivity index (χ2n) is 8.64. The summed E-state index contributed by atoms with van der Waals surface area (Å²) in [6.45, 7) is 0.916. The minimum atomic E-state index is -1.23. The number of hydrogen-bond acceptors (Lipinski definition) is 7. The van der Waals surface area contributed by atoms with E-state index in [1.165, 1.54) is 0 Å². The first-order valence-electron chi connectivity index (χ1n) is 11.8. The zero-order chi connectivity index (χ0) is 27.2. The van der Waals surface area contributed by atoms with Crippen LogP contribution in [0.3, 0.4) is 0 Å². The van der Waals surface area contributed by atoms with Crippen LogP contribution in [0.15, 0.2) is 59.1 Å². The first kappa shape index (κ1) is 27.9. The lowest BCUT2D eigenvalue weighted by atomic mass is 9.89. The SMILES string of the molecule is O=C(O)COc1c(C(=O)O)sc(-c2cccc(NC(C(=O)N(Cl)c3ccccc3)C3CCNCC3)c2)c1Br. The molecular formula is C26H25BrClN3O6S. The molecule has 3 aromatic rings. The van der Waals surface area contributed by atoms with Crippen molar-refractivity contribution in [3.8, 4) is 16.2 Å². The fourth-order valence-electron chi connectivity index (χ4n) is 4.28. The summed E-state index contributed by atoms with van der Waals surface area (Å²) in [7, 11) is 0. The van der Waals surface area contributed by atoms with Gasteiger partial charge in [-0.3, -0.25) is 4.79 Å². The highest BCUT2D eigenvalue weighted by molar-refractivity contribution is 9.10. The van der Waals surface area contributed by atoms with Crippen molar-refractivity contribution in [2.75, 3.05) is 29.4 Å². The molecule has 0 spiro atoms. The fraction of sp³-hybridized carbons (Fsp3) is 0.269. The van der Waals surface area contributed by atoms with Gasteiger partial charge in [-0.2, -0.15) is 0 Å². The average Bonchev–Trinajstić information content (AvgIpc) is 3.27. The number of aromatic carboxylic acids is 1. The molecule has 2 aromatic carbocycles. The number of carboxylic acids is 2. The number of rotatable bonds is 10. The topological polar surface area (TPSA) is 128 Å². The number of halogens is 2. The lowest BCUT2D eigenvalue weighted by Crippen LogP contribution is -2.47. The van der Waals surface area contributed by atoms with Crippen molar-refractivity contribution >= 4 is 68.3 Å². The van der Waals surface area contributed by atoms with E-state index >= 15 is 0 Å². The monoisotopic (exact) mass is 621 g/mol. The Hall–Kier alpha value is -3.12. The molecular weight excluding hydrogens is 598 g/mol. The standard InChI is InChI=1S/C26H25BrClN3O6S/c27-20-22(37-14-19(32)33)24(26(35)36)38-23(20)16-5-4-6-17(13-16)30-21(15-9-11-29-12-10-15)25(34)31(28)18-7-2-1-3-8-18/h1-8,13,15,21,29-30H,9-12,14H2,(H,32,33)(H,35,36). The molecule has 9 nitrogen and oxygen atoms in total. The minimum absolute atomic E-state index is 0.0401. The number of piperidine rings is 1. The third-order valence-electron chi connectivity index (χ3n) is 6.09. The summed E-state index contributed by atoms with van der Waals surface area (Å²) in [4.78, 5) is 36.8. The number of hydrogen-bond donors (Lipinski definition) is 4. The van der Waals surface area contributed by atoms with Gasteiger partial charge in [-0.05, 0) is 77.6 Å². The van der Waals surface area contributed by atoms with E-state index in [2.05, 4.69) is 26.6 Å². The number of carbonyl (C=O) groups is 3. The fourth-order valence-corrected chi connectivity index (χ4v) is 6.39. The third kappa shape index (κ3) is 6.47. The summed E-state index contributed by atoms with van der Waals surface area (Å²) in [5.41, 5.74) is 1.90. The molecule has 0 saturated carbocycles. The van der Waals surface area contributed by atoms with E-state index in [9.17, 15) is 19.5 Å². The Balaban J connectivity index is 1.64. The maximum Gasteiger partial charge on any atom is 0.349 e. The van der Waals surface area contributed by atoms with Gasteiger partial charge in [-0.15, -0.1) is 11.3 Å². The molecule has 38 heavy (non-hydrogen) atoms. The van der Waals surface area contributed by atoms with Gasteiger partial charge in [0.2, 0.25) is 0 Å². The van der Waals surface area contributed by atoms with Gasteiger partial charge >= 0.3 is 11.9 Å². The highest BCUT2D eigenvalue weighted by atomic mass is 79.9. The molecule has 12 heteroatoms. The van der Waals surface area contributed by atoms with Gasteiger partial charge in [0.25, 0.3) is 5.91 Å². The van der Waals surface area contributed by atoms with Crippen LogP contribution in [-0.4, -0.2) is 53.8 Å². The number of benzene rings is 2. The van der Waals surface area contributed by atoms with Gasteiger partial charge in [0.1, 0.15) is 6.04 Å². The van der Waals surface area contributed by atoms with Gasteiger partial charge < -0.3 is 25.6 Å². The van der Waals surface area contributed by atoms with E-state index in [0.29, 0.717) is 26.3 Å². The van der Waals surface area contributed by atoms with Crippen LogP contribution in [0.25, 0.3) is 10.4 Å². The molecule has 2 heterocycles. The number of carbonyl (C=O) groups excluding carboxylic acids is 1. The number of nitrogens with zero attached hydrogens (tertiary/aromatic N) is 1. The van der Waals surface area contributed by atoms with Crippen molar-refractivity contribution in [1.29, 1.82) is 0 Å². The molecule has 200 valence electrons. The van der Waals surface area contributed by atoms with Crippen molar-refractivity contribution in [3.63, 3.8) is 0 Å². The molecule has 1 atom stereocenters. The van der Waals surface area contributed by atoms with Crippen molar-refractivity contribution < 1.29 is 29.3 Å². The Kier molecular flexibility index (Phi) is 9.26. The Morgan fingerprint density at radius 1 is 1.13 bits per heavy atom. The van der Waals surface area contributed by atoms with E-state index in [1.54, 1.807) is 24.3 Å². The molecule has 4 N–H and O–H groups in total. The molecule has 1 saturated heterocycles. The predicted octanol–water partition coefficient (Wildman–Crippen LogP) is 5.31. The molecule has 1 unspecified atom stereocenters. The van der Waals surface area contributed by atoms with E-state index < -0.39 is 24.6 Å². The molecule has 1 fully saturated rings. The van der Waals surface area contributed by atoms with Crippen LogP contribution in [-0.2, 0) is 9.59 Å². The second-order valence-corrected chi connectivity index (χ2v) is 10.8. The Morgan fingerprint density at radius 2 is 1.84 bits per heavy atom. The maximum absolute atomic E-state index is 13.6. The Morgan fingerprint density at radius 3 is 2.50 bits per heavy atom. The quantitative estimate of drug-likeness (QED) is 0.224. The minimum Gasteiger partial charge on any atom is -0.479 e. The first-order chi connectivity index (χ1) is 18.3. The number of carboxylic acid groups (broad SMARTS) is 2. The molecule has 1 aliphatic heterocycles. The van der Waals surface area contributed by atoms with Crippen LogP contribution in [0.5, 0.6) is 5.75 Å². The summed E-state index contributed by atoms with van der Waals surface area (Å²) >= 11 is 10.9. The molecule has 0 bridgehead atoms. The van der Waals surface area contributed by atoms with Crippen LogP contribution < -0.4 is 19.8 Å². The number of nitrogens with one attached hydrogen (secondary N) is 2. The summed E-state index contributed by atoms with van der Waals surface area (Å²) in [6.07, 6.45) is 1.59. The maximum atomic E-state index is 13.6. The van der Waals surface area contributed by atoms with Crippen molar-refractivity contribution in [2.45, 2.75) is 18.9 Å². The number of amides is 1. The number of thiophene rings is 1. The van der Waals surface area contributed by atoms with Gasteiger partial charge in [0.15, 0.2) is 17.2 Å². The Bertz CT molecular complexity index is 1320. The van der Waals surface area contributed by atoms with Crippen molar-refractivity contribution in [3.05, 3.63) is 63.9 Å². The lowest BCUT2D eigenvalue weighted by molar-refractivity contribution is -0.139. The zero-order valence-corrected chi connectivity index (χ0v) is 23.2. The summed E-state index contributed by atoms with van der Waals surface area (Å²) in [6, 6.07) is 15.6. The van der Waals surface area contributed by atoms with Gasteiger partial charge in [0.05, 0.1) is 15.0 Å². The van der Waals surface area contributed by atoms with E-state index in [0.717, 1.165) is 41.7 Å². The van der Waals surface area contributed by atoms with E-state index in [-0.39, 0.29) is 22.5 Å². The molecule has 4 rings (SSSR count). The number of aliphatic carboxylic acids is 1. The smallest absolute Gasteiger partial charge is 0.349 e. The molecule has 1 aromatic heterocycles. The van der Waals surface area contributed by atoms with Gasteiger partial charge in [-0.1, -0.05) is 30.3 Å². The van der Waals surface area contributed by atoms with Gasteiger partial charge in [-0.25, -0.2) is 14.0 Å². The van der Waals surface area contributed by atoms with Crippen LogP contribution in [0, 0.1) is 5.92 Å². The largest absolute Gasteiger partial charge is 0.479 e. The third-order valence-corrected chi connectivity index (χ3v) is 8.68. The first-order valence-corrected chi connectivity index (χ1v) is 13.7. The lowest BCUT2D eigenvalue weighted by Gasteiger charge is -2.32. The number of ether oxygens (including phenoxy) is 1. The number of anilines is 2. The normalized spacial score (nSPS) is 14.5. The summed E-state index contributed by atoms with van der Waals surface area (Å²) in [5, 5.41) is 25.3. The molecule has 1 amide bonds. The molecule has 0 aliphatic carbocycles. The number of para-hydroxylation sites is 1. The predicted molar refractivity (Wildman–Crippen MR) is 150 cm³/mol. The van der Waals surface area contributed by atoms with E-state index in [1.807, 2.05) is 30.3 Å². The molecule has 1 aliphatic rings. The van der Waals surface area contributed by atoms with Crippen LogP contribution in [0.1, 0.15) is 22.5 Å². The van der Waals surface area contributed by atoms with Crippen molar-refractivity contribution in [2.24, 2.45) is 5.92 Å². The highest BCUT2D eigenvalue weighted by Gasteiger charge is 2.33. The second kappa shape index (κ2) is 12.6. The van der Waals surface area contributed by atoms with E-state index in [4.69, 9.17) is 21.6 Å².